The first-order valence-corrected chi connectivity index (χ1v) is 12.6. The van der Waals surface area contributed by atoms with E-state index in [1.54, 1.807) is 19.5 Å². The fourth-order valence-corrected chi connectivity index (χ4v) is 10.8. The van der Waals surface area contributed by atoms with Gasteiger partial charge in [0.15, 0.2) is 0 Å². The molecule has 128 valence electrons. The number of hydrogen-bond acceptors (Lipinski definition) is 3. The predicted molar refractivity (Wildman–Crippen MR) is 106 cm³/mol. The van der Waals surface area contributed by atoms with Crippen molar-refractivity contribution in [2.45, 2.75) is 5.40 Å². The summed E-state index contributed by atoms with van der Waals surface area (Å²) in [6, 6.07) is 24.1. The van der Waals surface area contributed by atoms with Crippen molar-refractivity contribution in [2.24, 2.45) is 0 Å². The molecule has 0 saturated carbocycles. The topological polar surface area (TPSA) is 47.0 Å². The summed E-state index contributed by atoms with van der Waals surface area (Å²) in [4.78, 5) is 4.42. The predicted octanol–water partition coefficient (Wildman–Crippen LogP) is 4.72. The van der Waals surface area contributed by atoms with Crippen molar-refractivity contribution in [1.29, 1.82) is 0 Å². The number of nitrogens with zero attached hydrogens (tertiary/aromatic N) is 1. The van der Waals surface area contributed by atoms with Crippen molar-refractivity contribution in [1.82, 2.24) is 4.98 Å². The molecule has 0 aliphatic heterocycles. The summed E-state index contributed by atoms with van der Waals surface area (Å²) in [6.45, 7) is 3.45. The van der Waals surface area contributed by atoms with Gasteiger partial charge in [0, 0.05) is 16.8 Å². The van der Waals surface area contributed by atoms with E-state index in [9.17, 15) is 9.13 Å². The fraction of sp³-hybridized carbons (Fsp3) is 0.150. The summed E-state index contributed by atoms with van der Waals surface area (Å²) >= 11 is 0. The van der Waals surface area contributed by atoms with E-state index >= 15 is 0 Å². The smallest absolute Gasteiger partial charge is 0.128 e. The van der Waals surface area contributed by atoms with Crippen LogP contribution in [0.2, 0.25) is 0 Å². The van der Waals surface area contributed by atoms with Crippen LogP contribution in [0.4, 0.5) is 0 Å². The summed E-state index contributed by atoms with van der Waals surface area (Å²) in [5.41, 5.74) is 0.617. The van der Waals surface area contributed by atoms with Gasteiger partial charge in [0.2, 0.25) is 0 Å². The van der Waals surface area contributed by atoms with E-state index < -0.39 is 19.7 Å². The second kappa shape index (κ2) is 7.12. The van der Waals surface area contributed by atoms with Crippen LogP contribution in [0.25, 0.3) is 0 Å². The molecule has 1 heterocycles. The summed E-state index contributed by atoms with van der Waals surface area (Å²) in [5.74, 6) is 0. The maximum absolute atomic E-state index is 13.9. The normalized spacial score (nSPS) is 17.2. The summed E-state index contributed by atoms with van der Waals surface area (Å²) < 4.78 is 27.8. The van der Waals surface area contributed by atoms with Crippen molar-refractivity contribution >= 4 is 24.9 Å². The van der Waals surface area contributed by atoms with E-state index in [0.29, 0.717) is 5.69 Å². The molecule has 0 amide bonds. The molecular formula is C20H21NO2P2. The first-order chi connectivity index (χ1) is 11.9. The monoisotopic (exact) mass is 369 g/mol. The molecule has 3 rings (SSSR count). The lowest BCUT2D eigenvalue weighted by atomic mass is 10.4. The van der Waals surface area contributed by atoms with Crippen LogP contribution >= 0.6 is 14.3 Å². The molecule has 3 aromatic rings. The maximum atomic E-state index is 13.9. The molecule has 2 aromatic carbocycles. The van der Waals surface area contributed by atoms with Gasteiger partial charge in [-0.1, -0.05) is 66.7 Å². The van der Waals surface area contributed by atoms with Crippen molar-refractivity contribution in [3.8, 4) is 0 Å². The lowest BCUT2D eigenvalue weighted by Gasteiger charge is -2.30. The van der Waals surface area contributed by atoms with Crippen LogP contribution in [0.15, 0.2) is 85.1 Å². The molecule has 1 aromatic heterocycles. The van der Waals surface area contributed by atoms with Crippen LogP contribution in [-0.2, 0) is 9.13 Å². The lowest BCUT2D eigenvalue weighted by Crippen LogP contribution is -2.17. The number of aromatic nitrogens is 1. The number of hydrogen-bond donors (Lipinski definition) is 0. The van der Waals surface area contributed by atoms with E-state index in [4.69, 9.17) is 0 Å². The molecule has 0 saturated heterocycles. The first-order valence-electron chi connectivity index (χ1n) is 8.10. The molecule has 0 bridgehead atoms. The minimum Gasteiger partial charge on any atom is -0.318 e. The minimum absolute atomic E-state index is 0.617. The summed E-state index contributed by atoms with van der Waals surface area (Å²) in [6.07, 6.45) is 1.66. The molecule has 0 radical (unpaired) electrons. The van der Waals surface area contributed by atoms with Gasteiger partial charge in [-0.05, 0) is 25.5 Å². The van der Waals surface area contributed by atoms with E-state index in [1.165, 1.54) is 0 Å². The average molecular weight is 369 g/mol. The molecule has 3 nitrogen and oxygen atoms in total. The molecule has 0 aliphatic carbocycles. The summed E-state index contributed by atoms with van der Waals surface area (Å²) in [5, 5.41) is 0.804. The van der Waals surface area contributed by atoms with Gasteiger partial charge < -0.3 is 9.13 Å². The summed E-state index contributed by atoms with van der Waals surface area (Å²) in [7, 11) is -5.98. The van der Waals surface area contributed by atoms with Gasteiger partial charge in [0.1, 0.15) is 19.7 Å². The Kier molecular flexibility index (Phi) is 5.08. The van der Waals surface area contributed by atoms with Crippen molar-refractivity contribution < 1.29 is 9.13 Å². The van der Waals surface area contributed by atoms with Crippen LogP contribution in [0, 0.1) is 0 Å². The van der Waals surface area contributed by atoms with E-state index in [2.05, 4.69) is 4.98 Å². The molecular weight excluding hydrogens is 348 g/mol. The van der Waals surface area contributed by atoms with E-state index in [0.717, 1.165) is 10.6 Å². The largest absolute Gasteiger partial charge is 0.318 e. The van der Waals surface area contributed by atoms with Gasteiger partial charge in [0.25, 0.3) is 0 Å². The molecule has 25 heavy (non-hydrogen) atoms. The zero-order valence-electron chi connectivity index (χ0n) is 14.3. The Hall–Kier alpha value is -1.95. The Morgan fingerprint density at radius 1 is 0.680 bits per heavy atom. The van der Waals surface area contributed by atoms with Crippen LogP contribution in [0.3, 0.4) is 0 Å². The van der Waals surface area contributed by atoms with Crippen LogP contribution in [0.5, 0.6) is 0 Å². The highest BCUT2D eigenvalue weighted by atomic mass is 31.2. The molecule has 0 aliphatic rings. The lowest BCUT2D eigenvalue weighted by molar-refractivity contribution is 0.571. The van der Waals surface area contributed by atoms with E-state index in [-0.39, 0.29) is 0 Å². The Bertz CT molecular complexity index is 868. The molecule has 5 heteroatoms. The second-order valence-electron chi connectivity index (χ2n) is 6.28. The molecule has 0 spiro atoms. The highest BCUT2D eigenvalue weighted by Gasteiger charge is 2.44. The molecule has 0 N–H and O–H groups in total. The average Bonchev–Trinajstić information content (AvgIpc) is 2.64. The SMILES string of the molecule is C[P@](=O)(c1ccccc1)C(c1ccccn1)[P@](C)(=O)c1ccccc1. The molecule has 1 unspecified atom stereocenters. The third-order valence-corrected chi connectivity index (χ3v) is 12.1. The Morgan fingerprint density at radius 2 is 1.12 bits per heavy atom. The highest BCUT2D eigenvalue weighted by molar-refractivity contribution is 7.87. The quantitative estimate of drug-likeness (QED) is 0.612. The van der Waals surface area contributed by atoms with Gasteiger partial charge in [-0.2, -0.15) is 0 Å². The third-order valence-electron chi connectivity index (χ3n) is 4.42. The second-order valence-corrected chi connectivity index (χ2v) is 12.7. The highest BCUT2D eigenvalue weighted by Crippen LogP contribution is 2.72. The van der Waals surface area contributed by atoms with Gasteiger partial charge in [-0.3, -0.25) is 4.98 Å². The van der Waals surface area contributed by atoms with Crippen molar-refractivity contribution in [3.05, 3.63) is 90.8 Å². The van der Waals surface area contributed by atoms with Crippen molar-refractivity contribution in [3.63, 3.8) is 0 Å². The van der Waals surface area contributed by atoms with Crippen molar-refractivity contribution in [2.75, 3.05) is 13.3 Å². The van der Waals surface area contributed by atoms with Crippen LogP contribution in [-0.4, -0.2) is 18.3 Å². The Labute approximate surface area is 148 Å². The number of rotatable bonds is 5. The van der Waals surface area contributed by atoms with Gasteiger partial charge in [-0.25, -0.2) is 0 Å². The molecule has 0 fully saturated rings. The Balaban J connectivity index is 2.22. The van der Waals surface area contributed by atoms with Crippen LogP contribution in [0.1, 0.15) is 11.1 Å². The molecule has 3 atom stereocenters. The number of pyridine rings is 1. The van der Waals surface area contributed by atoms with E-state index in [1.807, 2.05) is 78.9 Å². The van der Waals surface area contributed by atoms with Gasteiger partial charge in [-0.15, -0.1) is 0 Å². The maximum Gasteiger partial charge on any atom is 0.128 e. The fourth-order valence-electron chi connectivity index (χ4n) is 3.18. The minimum atomic E-state index is -2.99. The van der Waals surface area contributed by atoms with Gasteiger partial charge in [0.05, 0.1) is 5.69 Å². The first kappa shape index (κ1) is 17.9. The van der Waals surface area contributed by atoms with Crippen LogP contribution < -0.4 is 10.6 Å². The third kappa shape index (κ3) is 3.54. The zero-order valence-corrected chi connectivity index (χ0v) is 16.1. The Morgan fingerprint density at radius 3 is 1.52 bits per heavy atom. The van der Waals surface area contributed by atoms with Gasteiger partial charge >= 0.3 is 0 Å². The zero-order chi connectivity index (χ0) is 17.9. The standard InChI is InChI=1S/C20H21NO2P2/c1-24(22,17-11-5-3-6-12-17)20(19-15-9-10-16-21-19)25(2,23)18-13-7-4-8-14-18/h3-16,20H,1-2H3/t20?,24-,25+. The number of benzene rings is 2.